The quantitative estimate of drug-likeness (QED) is 0.128. The Kier molecular flexibility index (Phi) is 8.03. The van der Waals surface area contributed by atoms with Crippen molar-refractivity contribution in [1.82, 2.24) is 18.9 Å². The average Bonchev–Trinajstić information content (AvgIpc) is 3.96. The van der Waals surface area contributed by atoms with Gasteiger partial charge in [-0.15, -0.1) is 0 Å². The van der Waals surface area contributed by atoms with Gasteiger partial charge >= 0.3 is 0 Å². The molecule has 0 saturated carbocycles. The summed E-state index contributed by atoms with van der Waals surface area (Å²) in [5.74, 6) is 0.964. The van der Waals surface area contributed by atoms with Crippen molar-refractivity contribution in [3.05, 3.63) is 217 Å². The van der Waals surface area contributed by atoms with Crippen LogP contribution in [0.3, 0.4) is 0 Å². The van der Waals surface area contributed by atoms with Gasteiger partial charge in [0, 0.05) is 22.0 Å². The van der Waals surface area contributed by atoms with E-state index >= 15 is 0 Å². The molecule has 0 unspecified atom stereocenters. The Morgan fingerprint density at radius 2 is 1.08 bits per heavy atom. The van der Waals surface area contributed by atoms with Crippen molar-refractivity contribution in [3.8, 4) is 34.0 Å². The molecule has 9 aromatic carbocycles. The van der Waals surface area contributed by atoms with E-state index in [1.165, 1.54) is 43.8 Å². The highest BCUT2D eigenvalue weighted by molar-refractivity contribution is 6.20. The fourth-order valence-corrected chi connectivity index (χ4v) is 10.3. The highest BCUT2D eigenvalue weighted by Crippen LogP contribution is 2.45. The monoisotopic (exact) mass is 815 g/mol. The largest absolute Gasteiger partial charge is 0.292 e. The number of benzene rings is 9. The molecule has 3 aromatic heterocycles. The summed E-state index contributed by atoms with van der Waals surface area (Å²) >= 11 is 0. The van der Waals surface area contributed by atoms with Gasteiger partial charge in [-0.1, -0.05) is 133 Å². The Morgan fingerprint density at radius 3 is 1.81 bits per heavy atom. The molecule has 0 N–H and O–H groups in total. The number of imidazole rings is 2. The van der Waals surface area contributed by atoms with E-state index in [-0.39, 0.29) is 0 Å². The third-order valence-corrected chi connectivity index (χ3v) is 13.2. The summed E-state index contributed by atoms with van der Waals surface area (Å²) < 4.78 is 4.50. The van der Waals surface area contributed by atoms with Crippen LogP contribution >= 0.6 is 0 Å². The van der Waals surface area contributed by atoms with Crippen molar-refractivity contribution >= 4 is 82.1 Å². The number of pyridine rings is 1. The molecule has 0 fully saturated rings. The van der Waals surface area contributed by atoms with Crippen LogP contribution in [-0.4, -0.2) is 18.9 Å². The first-order chi connectivity index (χ1) is 31.7. The molecule has 0 atom stereocenters. The van der Waals surface area contributed by atoms with Gasteiger partial charge in [-0.05, 0) is 140 Å². The van der Waals surface area contributed by atoms with Crippen LogP contribution < -0.4 is 0 Å². The van der Waals surface area contributed by atoms with Crippen molar-refractivity contribution in [1.29, 1.82) is 5.26 Å². The summed E-state index contributed by atoms with van der Waals surface area (Å²) in [6, 6.07) is 69.2. The molecule has 5 nitrogen and oxygen atoms in total. The first-order valence-electron chi connectivity index (χ1n) is 21.9. The second-order valence-electron chi connectivity index (χ2n) is 16.7. The molecule has 0 amide bonds. The lowest BCUT2D eigenvalue weighted by molar-refractivity contribution is 1.02. The van der Waals surface area contributed by atoms with Crippen molar-refractivity contribution in [2.24, 2.45) is 0 Å². The predicted molar refractivity (Wildman–Crippen MR) is 265 cm³/mol. The second-order valence-corrected chi connectivity index (χ2v) is 16.7. The van der Waals surface area contributed by atoms with Gasteiger partial charge in [-0.3, -0.25) is 8.97 Å². The molecule has 13 rings (SSSR count). The summed E-state index contributed by atoms with van der Waals surface area (Å²) in [5, 5.41) is 18.1. The van der Waals surface area contributed by atoms with Crippen molar-refractivity contribution < 1.29 is 0 Å². The predicted octanol–water partition coefficient (Wildman–Crippen LogP) is 14.9. The van der Waals surface area contributed by atoms with Crippen LogP contribution in [0.25, 0.3) is 110 Å². The number of rotatable bonds is 5. The Morgan fingerprint density at radius 1 is 0.469 bits per heavy atom. The minimum absolute atomic E-state index is 0.628. The van der Waals surface area contributed by atoms with Crippen LogP contribution in [0.15, 0.2) is 200 Å². The minimum Gasteiger partial charge on any atom is -0.292 e. The Bertz CT molecular complexity index is 3950. The minimum atomic E-state index is 0.628. The normalized spacial score (nSPS) is 13.0. The zero-order valence-electron chi connectivity index (χ0n) is 34.7. The van der Waals surface area contributed by atoms with Crippen molar-refractivity contribution in [3.63, 3.8) is 0 Å². The first kappa shape index (κ1) is 36.1. The molecule has 298 valence electrons. The number of aromatic nitrogens is 4. The van der Waals surface area contributed by atoms with E-state index in [0.717, 1.165) is 90.4 Å². The molecular formula is C59H37N5. The molecule has 1 aliphatic carbocycles. The van der Waals surface area contributed by atoms with Crippen molar-refractivity contribution in [2.45, 2.75) is 12.8 Å². The van der Waals surface area contributed by atoms with E-state index in [0.29, 0.717) is 5.56 Å². The number of nitrogens with zero attached hydrogens (tertiary/aromatic N) is 5. The summed E-state index contributed by atoms with van der Waals surface area (Å²) in [4.78, 5) is 10.3. The number of para-hydroxylation sites is 5. The molecule has 0 aliphatic heterocycles. The Hall–Kier alpha value is -8.59. The lowest BCUT2D eigenvalue weighted by Crippen LogP contribution is -2.03. The van der Waals surface area contributed by atoms with E-state index in [1.807, 2.05) is 24.3 Å². The molecule has 0 bridgehead atoms. The fraction of sp³-hybridized carbons (Fsp3) is 0.0339. The van der Waals surface area contributed by atoms with E-state index in [9.17, 15) is 5.26 Å². The summed E-state index contributed by atoms with van der Waals surface area (Å²) in [7, 11) is 0. The van der Waals surface area contributed by atoms with Crippen LogP contribution in [0.4, 0.5) is 0 Å². The third-order valence-electron chi connectivity index (χ3n) is 13.2. The van der Waals surface area contributed by atoms with Crippen LogP contribution in [0, 0.1) is 11.3 Å². The first-order valence-corrected chi connectivity index (χ1v) is 21.9. The number of allylic oxidation sites excluding steroid dienone is 4. The number of hydrogen-bond donors (Lipinski definition) is 0. The summed E-state index contributed by atoms with van der Waals surface area (Å²) in [6.07, 6.45) is 6.62. The number of hydrogen-bond acceptors (Lipinski definition) is 3. The fourth-order valence-electron chi connectivity index (χ4n) is 10.3. The maximum Gasteiger partial charge on any atom is 0.146 e. The van der Waals surface area contributed by atoms with Gasteiger partial charge in [0.25, 0.3) is 0 Å². The maximum absolute atomic E-state index is 9.86. The number of fused-ring (bicyclic) bond motifs is 11. The zero-order chi connectivity index (χ0) is 42.3. The maximum atomic E-state index is 9.86. The van der Waals surface area contributed by atoms with Gasteiger partial charge in [0.1, 0.15) is 11.5 Å². The van der Waals surface area contributed by atoms with Crippen molar-refractivity contribution in [2.75, 3.05) is 0 Å². The topological polar surface area (TPSA) is 58.9 Å². The van der Waals surface area contributed by atoms with Gasteiger partial charge < -0.3 is 0 Å². The van der Waals surface area contributed by atoms with Crippen LogP contribution in [0.1, 0.15) is 29.8 Å². The molecule has 1 aliphatic rings. The summed E-state index contributed by atoms with van der Waals surface area (Å²) in [6.45, 7) is 0. The summed E-state index contributed by atoms with van der Waals surface area (Å²) in [5.41, 5.74) is 16.1. The third kappa shape index (κ3) is 5.49. The molecule has 64 heavy (non-hydrogen) atoms. The van der Waals surface area contributed by atoms with Gasteiger partial charge in [-0.25, -0.2) is 9.97 Å². The van der Waals surface area contributed by atoms with E-state index < -0.39 is 0 Å². The molecule has 0 spiro atoms. The van der Waals surface area contributed by atoms with E-state index in [4.69, 9.17) is 9.97 Å². The lowest BCUT2D eigenvalue weighted by atomic mass is 9.83. The van der Waals surface area contributed by atoms with Gasteiger partial charge in [-0.2, -0.15) is 5.26 Å². The Balaban J connectivity index is 0.938. The van der Waals surface area contributed by atoms with Crippen LogP contribution in [0.2, 0.25) is 0 Å². The van der Waals surface area contributed by atoms with Gasteiger partial charge in [0.05, 0.1) is 39.2 Å². The molecule has 0 radical (unpaired) electrons. The van der Waals surface area contributed by atoms with Crippen LogP contribution in [0.5, 0.6) is 0 Å². The van der Waals surface area contributed by atoms with Gasteiger partial charge in [0.15, 0.2) is 0 Å². The number of nitriles is 1. The highest BCUT2D eigenvalue weighted by atomic mass is 15.1. The molecule has 12 aromatic rings. The molecule has 5 heteroatoms. The van der Waals surface area contributed by atoms with Crippen LogP contribution in [-0.2, 0) is 0 Å². The molecule has 3 heterocycles. The molecular weight excluding hydrogens is 779 g/mol. The SMILES string of the molecule is N#Cc1ccc2c3cc(-c4ccc(-c5c6ccccc6c(C6=CC(c7nc8ccccc8n7-c7ccccc7)=CCC6)c6ccccc56)cc4)ccc3c3nc4ccccc4n3c2c1. The molecule has 0 saturated heterocycles. The second kappa shape index (κ2) is 14.2. The van der Waals surface area contributed by atoms with E-state index in [2.05, 4.69) is 191 Å². The highest BCUT2D eigenvalue weighted by Gasteiger charge is 2.22. The van der Waals surface area contributed by atoms with E-state index in [1.54, 1.807) is 0 Å². The standard InChI is InChI=1S/C59H37N5/c60-36-37-25-31-44-50-35-40(30-32-49(50)59-62-52-22-9-11-24-54(52)64(59)55(44)33-37)38-26-28-39(29-27-38)56-45-17-4-6-19-47(45)57(48-20-7-5-18-46(48)56)41-13-12-14-42(34-41)58-61-51-21-8-10-23-53(51)63(58)43-15-2-1-3-16-43/h1-11,14-35H,12-13H2. The average molecular weight is 816 g/mol. The zero-order valence-corrected chi connectivity index (χ0v) is 34.7. The lowest BCUT2D eigenvalue weighted by Gasteiger charge is -2.21. The smallest absolute Gasteiger partial charge is 0.146 e. The Labute approximate surface area is 368 Å². The van der Waals surface area contributed by atoms with Gasteiger partial charge in [0.2, 0.25) is 0 Å².